The Morgan fingerprint density at radius 1 is 1.24 bits per heavy atom. The van der Waals surface area contributed by atoms with E-state index in [9.17, 15) is 4.39 Å². The van der Waals surface area contributed by atoms with E-state index in [1.54, 1.807) is 6.07 Å². The van der Waals surface area contributed by atoms with E-state index < -0.39 is 5.82 Å². The second-order valence-corrected chi connectivity index (χ2v) is 4.18. The molecule has 0 aliphatic rings. The fraction of sp³-hybridized carbons (Fsp3) is 0.167. The van der Waals surface area contributed by atoms with Crippen molar-refractivity contribution in [2.24, 2.45) is 0 Å². The van der Waals surface area contributed by atoms with Crippen molar-refractivity contribution in [3.63, 3.8) is 0 Å². The molecule has 2 rings (SSSR count). The van der Waals surface area contributed by atoms with Crippen molar-refractivity contribution in [1.29, 1.82) is 0 Å². The summed E-state index contributed by atoms with van der Waals surface area (Å²) in [5.41, 5.74) is 7.93. The van der Waals surface area contributed by atoms with E-state index in [2.05, 4.69) is 9.97 Å². The molecule has 0 saturated carbocycles. The molecule has 0 aliphatic heterocycles. The molecule has 5 heteroatoms. The zero-order valence-corrected chi connectivity index (χ0v) is 10.2. The second kappa shape index (κ2) is 4.30. The number of rotatable bonds is 1. The van der Waals surface area contributed by atoms with Gasteiger partial charge in [0.05, 0.1) is 5.02 Å². The van der Waals surface area contributed by atoms with Crippen LogP contribution >= 0.6 is 11.6 Å². The Labute approximate surface area is 103 Å². The number of nitrogen functional groups attached to an aromatic ring is 1. The van der Waals surface area contributed by atoms with Gasteiger partial charge in [-0.25, -0.2) is 14.4 Å². The number of anilines is 1. The predicted octanol–water partition coefficient (Wildman–Crippen LogP) is 3.14. The number of nitrogens with zero attached hydrogens (tertiary/aromatic N) is 2. The molecule has 1 aromatic heterocycles. The first-order valence-electron chi connectivity index (χ1n) is 5.05. The lowest BCUT2D eigenvalue weighted by Crippen LogP contribution is -2.02. The van der Waals surface area contributed by atoms with Crippen molar-refractivity contribution in [3.05, 3.63) is 40.3 Å². The van der Waals surface area contributed by atoms with Crippen molar-refractivity contribution < 1.29 is 4.39 Å². The second-order valence-electron chi connectivity index (χ2n) is 3.77. The zero-order chi connectivity index (χ0) is 12.6. The summed E-state index contributed by atoms with van der Waals surface area (Å²) in [4.78, 5) is 8.41. The maximum absolute atomic E-state index is 13.3. The van der Waals surface area contributed by atoms with Crippen LogP contribution in [-0.2, 0) is 0 Å². The van der Waals surface area contributed by atoms with Crippen LogP contribution in [0.5, 0.6) is 0 Å². The summed E-state index contributed by atoms with van der Waals surface area (Å²) in [7, 11) is 0. The summed E-state index contributed by atoms with van der Waals surface area (Å²) in [6.07, 6.45) is 0. The number of hydrogen-bond acceptors (Lipinski definition) is 3. The first-order chi connectivity index (χ1) is 7.99. The van der Waals surface area contributed by atoms with E-state index in [0.29, 0.717) is 17.2 Å². The van der Waals surface area contributed by atoms with Crippen LogP contribution in [0.3, 0.4) is 0 Å². The number of halogens is 2. The largest absolute Gasteiger partial charge is 0.383 e. The van der Waals surface area contributed by atoms with Crippen LogP contribution in [0.25, 0.3) is 11.4 Å². The van der Waals surface area contributed by atoms with Crippen LogP contribution in [0, 0.1) is 19.7 Å². The Morgan fingerprint density at radius 2 is 1.94 bits per heavy atom. The number of aromatic nitrogens is 2. The van der Waals surface area contributed by atoms with E-state index in [1.807, 2.05) is 13.8 Å². The normalized spacial score (nSPS) is 10.6. The van der Waals surface area contributed by atoms with Gasteiger partial charge in [-0.15, -0.1) is 0 Å². The smallest absolute Gasteiger partial charge is 0.161 e. The number of benzene rings is 1. The van der Waals surface area contributed by atoms with Gasteiger partial charge in [-0.1, -0.05) is 11.6 Å². The fourth-order valence-corrected chi connectivity index (χ4v) is 1.53. The molecule has 1 heterocycles. The average molecular weight is 252 g/mol. The molecule has 2 aromatic rings. The molecule has 17 heavy (non-hydrogen) atoms. The Hall–Kier alpha value is -1.68. The average Bonchev–Trinajstić information content (AvgIpc) is 2.29. The minimum atomic E-state index is -0.496. The number of hydrogen-bond donors (Lipinski definition) is 1. The van der Waals surface area contributed by atoms with E-state index in [4.69, 9.17) is 17.3 Å². The lowest BCUT2D eigenvalue weighted by Gasteiger charge is -2.07. The van der Waals surface area contributed by atoms with Gasteiger partial charge < -0.3 is 5.73 Å². The standard InChI is InChI=1S/C12H11ClFN3/c1-6-7(2)16-12(17-11(6)15)8-3-4-9(13)10(14)5-8/h3-5H,1-2H3,(H2,15,16,17). The van der Waals surface area contributed by atoms with Crippen LogP contribution in [0.4, 0.5) is 10.2 Å². The Bertz CT molecular complexity index is 561. The molecule has 0 radical (unpaired) electrons. The van der Waals surface area contributed by atoms with Crippen LogP contribution in [0.2, 0.25) is 5.02 Å². The Morgan fingerprint density at radius 3 is 2.53 bits per heavy atom. The minimum Gasteiger partial charge on any atom is -0.383 e. The lowest BCUT2D eigenvalue weighted by atomic mass is 10.2. The zero-order valence-electron chi connectivity index (χ0n) is 9.46. The molecule has 2 N–H and O–H groups in total. The molecular weight excluding hydrogens is 241 g/mol. The minimum absolute atomic E-state index is 0.0746. The van der Waals surface area contributed by atoms with Gasteiger partial charge in [0, 0.05) is 16.8 Å². The molecular formula is C12H11ClFN3. The van der Waals surface area contributed by atoms with Crippen LogP contribution < -0.4 is 5.73 Å². The van der Waals surface area contributed by atoms with Crippen molar-refractivity contribution in [3.8, 4) is 11.4 Å². The molecule has 0 atom stereocenters. The molecule has 0 aliphatic carbocycles. The van der Waals surface area contributed by atoms with Gasteiger partial charge in [0.15, 0.2) is 5.82 Å². The summed E-state index contributed by atoms with van der Waals surface area (Å²) in [5.74, 6) is 0.314. The van der Waals surface area contributed by atoms with E-state index in [0.717, 1.165) is 11.3 Å². The molecule has 0 bridgehead atoms. The summed E-state index contributed by atoms with van der Waals surface area (Å²) >= 11 is 5.62. The summed E-state index contributed by atoms with van der Waals surface area (Å²) in [5, 5.41) is 0.0746. The molecule has 3 nitrogen and oxygen atoms in total. The van der Waals surface area contributed by atoms with Crippen molar-refractivity contribution in [1.82, 2.24) is 9.97 Å². The molecule has 0 saturated heterocycles. The highest BCUT2D eigenvalue weighted by atomic mass is 35.5. The quantitative estimate of drug-likeness (QED) is 0.847. The highest BCUT2D eigenvalue weighted by molar-refractivity contribution is 6.30. The van der Waals surface area contributed by atoms with Crippen molar-refractivity contribution >= 4 is 17.4 Å². The highest BCUT2D eigenvalue weighted by Gasteiger charge is 2.09. The third-order valence-corrected chi connectivity index (χ3v) is 2.91. The third-order valence-electron chi connectivity index (χ3n) is 2.60. The maximum Gasteiger partial charge on any atom is 0.161 e. The number of nitrogens with two attached hydrogens (primary N) is 1. The van der Waals surface area contributed by atoms with Crippen molar-refractivity contribution in [2.75, 3.05) is 5.73 Å². The maximum atomic E-state index is 13.3. The predicted molar refractivity (Wildman–Crippen MR) is 66.3 cm³/mol. The molecule has 88 valence electrons. The lowest BCUT2D eigenvalue weighted by molar-refractivity contribution is 0.628. The van der Waals surface area contributed by atoms with Crippen LogP contribution in [-0.4, -0.2) is 9.97 Å². The molecule has 0 spiro atoms. The summed E-state index contributed by atoms with van der Waals surface area (Å²) < 4.78 is 13.3. The first kappa shape index (κ1) is 11.8. The monoisotopic (exact) mass is 251 g/mol. The van der Waals surface area contributed by atoms with Gasteiger partial charge >= 0.3 is 0 Å². The van der Waals surface area contributed by atoms with Gasteiger partial charge in [-0.3, -0.25) is 0 Å². The summed E-state index contributed by atoms with van der Waals surface area (Å²) in [6, 6.07) is 4.43. The van der Waals surface area contributed by atoms with Crippen LogP contribution in [0.15, 0.2) is 18.2 Å². The Balaban J connectivity index is 2.57. The molecule has 1 aromatic carbocycles. The van der Waals surface area contributed by atoms with Gasteiger partial charge in [-0.05, 0) is 32.0 Å². The Kier molecular flexibility index (Phi) is 2.98. The van der Waals surface area contributed by atoms with E-state index >= 15 is 0 Å². The highest BCUT2D eigenvalue weighted by Crippen LogP contribution is 2.23. The van der Waals surface area contributed by atoms with Gasteiger partial charge in [0.1, 0.15) is 11.6 Å². The summed E-state index contributed by atoms with van der Waals surface area (Å²) in [6.45, 7) is 3.68. The third kappa shape index (κ3) is 2.22. The fourth-order valence-electron chi connectivity index (χ4n) is 1.42. The molecule has 0 amide bonds. The van der Waals surface area contributed by atoms with E-state index in [-0.39, 0.29) is 5.02 Å². The molecule has 0 unspecified atom stereocenters. The van der Waals surface area contributed by atoms with Gasteiger partial charge in [-0.2, -0.15) is 0 Å². The van der Waals surface area contributed by atoms with Gasteiger partial charge in [0.25, 0.3) is 0 Å². The van der Waals surface area contributed by atoms with E-state index in [1.165, 1.54) is 12.1 Å². The van der Waals surface area contributed by atoms with Crippen LogP contribution in [0.1, 0.15) is 11.3 Å². The molecule has 0 fully saturated rings. The SMILES string of the molecule is Cc1nc(-c2ccc(Cl)c(F)c2)nc(N)c1C. The first-order valence-corrected chi connectivity index (χ1v) is 5.43. The van der Waals surface area contributed by atoms with Gasteiger partial charge in [0.2, 0.25) is 0 Å². The van der Waals surface area contributed by atoms with Crippen molar-refractivity contribution in [2.45, 2.75) is 13.8 Å². The topological polar surface area (TPSA) is 51.8 Å². The number of aryl methyl sites for hydroxylation is 1.